The van der Waals surface area contributed by atoms with Crippen molar-refractivity contribution in [2.75, 3.05) is 0 Å². The maximum absolute atomic E-state index is 11.1. The molecule has 0 aliphatic carbocycles. The zero-order chi connectivity index (χ0) is 14.3. The maximum atomic E-state index is 11.1. The van der Waals surface area contributed by atoms with Gasteiger partial charge in [0.25, 0.3) is 5.69 Å². The molecule has 0 atom stereocenters. The van der Waals surface area contributed by atoms with Gasteiger partial charge >= 0.3 is 5.97 Å². The first-order valence-electron chi connectivity index (χ1n) is 5.78. The van der Waals surface area contributed by atoms with E-state index in [4.69, 9.17) is 16.1 Å². The topological polar surface area (TPSA) is 59.7 Å². The highest BCUT2D eigenvalue weighted by molar-refractivity contribution is 5.89. The van der Waals surface area contributed by atoms with Crippen LogP contribution in [0.5, 0.6) is 0 Å². The highest BCUT2D eigenvalue weighted by Crippen LogP contribution is 2.35. The maximum Gasteiger partial charge on any atom is 0.337 e. The van der Waals surface area contributed by atoms with Crippen molar-refractivity contribution in [2.24, 2.45) is 0 Å². The van der Waals surface area contributed by atoms with Crippen LogP contribution in [0, 0.1) is 34.3 Å². The standard InChI is InChI=1S/C14H14N2O3/c1-7-6-11(14(17)18)9(3)16(7)13-12(15-5)8(2)10(4)19-13/h6H,1-4H3,(H,17,18). The van der Waals surface area contributed by atoms with Crippen molar-refractivity contribution in [3.63, 3.8) is 0 Å². The van der Waals surface area contributed by atoms with E-state index in [1.54, 1.807) is 31.4 Å². The van der Waals surface area contributed by atoms with Crippen molar-refractivity contribution in [1.82, 2.24) is 4.57 Å². The fourth-order valence-corrected chi connectivity index (χ4v) is 2.17. The van der Waals surface area contributed by atoms with Crippen molar-refractivity contribution in [3.05, 3.63) is 45.8 Å². The second kappa shape index (κ2) is 4.32. The van der Waals surface area contributed by atoms with E-state index in [0.717, 1.165) is 11.3 Å². The SMILES string of the molecule is [C-]#[N+]c1c(-n2c(C)cc(C(=O)O)c2C)oc(C)c1C. The van der Waals surface area contributed by atoms with Crippen molar-refractivity contribution < 1.29 is 14.3 Å². The van der Waals surface area contributed by atoms with Crippen LogP contribution in [0.15, 0.2) is 10.5 Å². The summed E-state index contributed by atoms with van der Waals surface area (Å²) in [5.41, 5.74) is 2.72. The summed E-state index contributed by atoms with van der Waals surface area (Å²) in [4.78, 5) is 14.6. The van der Waals surface area contributed by atoms with Gasteiger partial charge in [-0.05, 0) is 39.3 Å². The van der Waals surface area contributed by atoms with Gasteiger partial charge < -0.3 is 9.52 Å². The summed E-state index contributed by atoms with van der Waals surface area (Å²) in [6.45, 7) is 14.4. The van der Waals surface area contributed by atoms with E-state index in [1.807, 2.05) is 6.92 Å². The number of aromatic carboxylic acids is 1. The average molecular weight is 258 g/mol. The molecule has 0 saturated heterocycles. The summed E-state index contributed by atoms with van der Waals surface area (Å²) in [5, 5.41) is 9.13. The Hall–Kier alpha value is -2.48. The molecule has 5 nitrogen and oxygen atoms in total. The van der Waals surface area contributed by atoms with Crippen LogP contribution in [-0.4, -0.2) is 15.6 Å². The molecule has 0 unspecified atom stereocenters. The summed E-state index contributed by atoms with van der Waals surface area (Å²) in [6.07, 6.45) is 0. The van der Waals surface area contributed by atoms with Crippen LogP contribution in [0.3, 0.4) is 0 Å². The van der Waals surface area contributed by atoms with Crippen LogP contribution in [0.25, 0.3) is 10.7 Å². The normalized spacial score (nSPS) is 10.5. The number of nitrogens with zero attached hydrogens (tertiary/aromatic N) is 2. The third-order valence-corrected chi connectivity index (χ3v) is 3.31. The smallest absolute Gasteiger partial charge is 0.337 e. The molecule has 0 bridgehead atoms. The second-order valence-electron chi connectivity index (χ2n) is 4.47. The molecule has 0 amide bonds. The molecule has 2 heterocycles. The number of aromatic nitrogens is 1. The molecule has 0 spiro atoms. The van der Waals surface area contributed by atoms with Crippen LogP contribution >= 0.6 is 0 Å². The Morgan fingerprint density at radius 1 is 1.37 bits per heavy atom. The minimum absolute atomic E-state index is 0.222. The molecule has 0 fully saturated rings. The van der Waals surface area contributed by atoms with E-state index in [1.165, 1.54) is 0 Å². The van der Waals surface area contributed by atoms with E-state index in [0.29, 0.717) is 23.0 Å². The van der Waals surface area contributed by atoms with Gasteiger partial charge in [-0.15, -0.1) is 0 Å². The lowest BCUT2D eigenvalue weighted by atomic mass is 10.2. The lowest BCUT2D eigenvalue weighted by Gasteiger charge is -2.06. The molecule has 0 aliphatic heterocycles. The molecular formula is C14H14N2O3. The van der Waals surface area contributed by atoms with Crippen LogP contribution in [0.2, 0.25) is 0 Å². The molecule has 2 rings (SSSR count). The van der Waals surface area contributed by atoms with Crippen LogP contribution in [0.1, 0.15) is 33.1 Å². The summed E-state index contributed by atoms with van der Waals surface area (Å²) in [7, 11) is 0. The molecular weight excluding hydrogens is 244 g/mol. The third-order valence-electron chi connectivity index (χ3n) is 3.31. The zero-order valence-corrected chi connectivity index (χ0v) is 11.2. The summed E-state index contributed by atoms with van der Waals surface area (Å²) in [5.74, 6) is 0.0848. The number of rotatable bonds is 2. The first kappa shape index (κ1) is 13.0. The fraction of sp³-hybridized carbons (Fsp3) is 0.286. The van der Waals surface area contributed by atoms with Gasteiger partial charge in [0.2, 0.25) is 5.88 Å². The monoisotopic (exact) mass is 258 g/mol. The molecule has 2 aromatic rings. The van der Waals surface area contributed by atoms with E-state index in [-0.39, 0.29) is 5.56 Å². The first-order chi connectivity index (χ1) is 8.88. The summed E-state index contributed by atoms with van der Waals surface area (Å²) >= 11 is 0. The van der Waals surface area contributed by atoms with Crippen molar-refractivity contribution in [2.45, 2.75) is 27.7 Å². The Morgan fingerprint density at radius 2 is 2.00 bits per heavy atom. The average Bonchev–Trinajstić information content (AvgIpc) is 2.78. The first-order valence-corrected chi connectivity index (χ1v) is 5.78. The van der Waals surface area contributed by atoms with E-state index in [2.05, 4.69) is 4.85 Å². The highest BCUT2D eigenvalue weighted by Gasteiger charge is 2.22. The predicted molar refractivity (Wildman–Crippen MR) is 70.2 cm³/mol. The molecule has 2 aromatic heterocycles. The summed E-state index contributed by atoms with van der Waals surface area (Å²) < 4.78 is 7.31. The number of hydrogen-bond donors (Lipinski definition) is 1. The van der Waals surface area contributed by atoms with Crippen molar-refractivity contribution >= 4 is 11.7 Å². The minimum Gasteiger partial charge on any atom is -0.478 e. The zero-order valence-electron chi connectivity index (χ0n) is 11.2. The Bertz CT molecular complexity index is 714. The lowest BCUT2D eigenvalue weighted by molar-refractivity contribution is 0.0696. The number of hydrogen-bond acceptors (Lipinski definition) is 2. The van der Waals surface area contributed by atoms with Crippen LogP contribution in [-0.2, 0) is 0 Å². The molecule has 0 aromatic carbocycles. The number of carbonyl (C=O) groups is 1. The van der Waals surface area contributed by atoms with Crippen LogP contribution < -0.4 is 0 Å². The molecule has 19 heavy (non-hydrogen) atoms. The number of carboxylic acid groups (broad SMARTS) is 1. The minimum atomic E-state index is -0.983. The second-order valence-corrected chi connectivity index (χ2v) is 4.47. The van der Waals surface area contributed by atoms with Gasteiger partial charge in [0, 0.05) is 11.4 Å². The van der Waals surface area contributed by atoms with Gasteiger partial charge in [-0.3, -0.25) is 4.57 Å². The van der Waals surface area contributed by atoms with E-state index in [9.17, 15) is 4.79 Å². The van der Waals surface area contributed by atoms with Crippen LogP contribution in [0.4, 0.5) is 5.69 Å². The van der Waals surface area contributed by atoms with E-state index >= 15 is 0 Å². The molecule has 5 heteroatoms. The number of carboxylic acids is 1. The van der Waals surface area contributed by atoms with Gasteiger partial charge in [0.15, 0.2) is 0 Å². The number of aryl methyl sites for hydroxylation is 2. The molecule has 1 N–H and O–H groups in total. The quantitative estimate of drug-likeness (QED) is 0.838. The third kappa shape index (κ3) is 1.82. The lowest BCUT2D eigenvalue weighted by Crippen LogP contribution is -2.01. The van der Waals surface area contributed by atoms with Gasteiger partial charge in [0.05, 0.1) is 17.9 Å². The fourth-order valence-electron chi connectivity index (χ4n) is 2.17. The van der Waals surface area contributed by atoms with Crippen molar-refractivity contribution in [1.29, 1.82) is 0 Å². The van der Waals surface area contributed by atoms with Gasteiger partial charge in [-0.1, -0.05) is 0 Å². The predicted octanol–water partition coefficient (Wildman–Crippen LogP) is 3.55. The molecule has 0 radical (unpaired) electrons. The van der Waals surface area contributed by atoms with E-state index < -0.39 is 5.97 Å². The van der Waals surface area contributed by atoms with Gasteiger partial charge in [-0.2, -0.15) is 0 Å². The Balaban J connectivity index is 2.77. The van der Waals surface area contributed by atoms with Gasteiger partial charge in [-0.25, -0.2) is 9.64 Å². The van der Waals surface area contributed by atoms with Crippen molar-refractivity contribution in [3.8, 4) is 5.88 Å². The Labute approximate surface area is 110 Å². The molecule has 0 aliphatic rings. The highest BCUT2D eigenvalue weighted by atomic mass is 16.4. The Kier molecular flexibility index (Phi) is 2.95. The molecule has 0 saturated carbocycles. The molecule has 98 valence electrons. The van der Waals surface area contributed by atoms with Gasteiger partial charge in [0.1, 0.15) is 0 Å². The Morgan fingerprint density at radius 3 is 2.47 bits per heavy atom. The number of furan rings is 1. The largest absolute Gasteiger partial charge is 0.478 e. The summed E-state index contributed by atoms with van der Waals surface area (Å²) in [6, 6.07) is 1.58.